The molecule has 0 aliphatic carbocycles. The Morgan fingerprint density at radius 1 is 1.29 bits per heavy atom. The number of nitrogens with two attached hydrogens (primary N) is 1. The number of hydrogen-bond donors (Lipinski definition) is 1. The molecule has 0 amide bonds. The molecule has 0 bridgehead atoms. The molecule has 2 N–H and O–H groups in total. The number of nitrogens with zero attached hydrogens (tertiary/aromatic N) is 1. The molecule has 2 rings (SSSR count). The number of benzene rings is 1. The summed E-state index contributed by atoms with van der Waals surface area (Å²) in [5, 5.41) is 0.685. The first-order valence-electron chi connectivity index (χ1n) is 5.27. The Morgan fingerprint density at radius 2 is 1.94 bits per heavy atom. The van der Waals surface area contributed by atoms with E-state index in [1.807, 2.05) is 19.1 Å². The second-order valence-corrected chi connectivity index (χ2v) is 4.44. The molecular formula is C13H13ClN2O. The van der Waals surface area contributed by atoms with Crippen molar-refractivity contribution >= 4 is 17.3 Å². The third-order valence-electron chi connectivity index (χ3n) is 2.64. The highest BCUT2D eigenvalue weighted by Gasteiger charge is 2.01. The van der Waals surface area contributed by atoms with Gasteiger partial charge in [0, 0.05) is 17.3 Å². The lowest BCUT2D eigenvalue weighted by atomic mass is 10.2. The molecule has 0 radical (unpaired) electrons. The van der Waals surface area contributed by atoms with E-state index in [0.717, 1.165) is 11.1 Å². The molecule has 0 saturated heterocycles. The van der Waals surface area contributed by atoms with Gasteiger partial charge in [0.25, 0.3) is 5.56 Å². The van der Waals surface area contributed by atoms with Crippen LogP contribution in [-0.4, -0.2) is 4.57 Å². The largest absolute Gasteiger partial charge is 0.397 e. The van der Waals surface area contributed by atoms with Gasteiger partial charge in [-0.3, -0.25) is 4.79 Å². The van der Waals surface area contributed by atoms with Gasteiger partial charge in [0.1, 0.15) is 0 Å². The molecule has 0 aliphatic rings. The van der Waals surface area contributed by atoms with Crippen molar-refractivity contribution in [3.63, 3.8) is 0 Å². The fourth-order valence-electron chi connectivity index (χ4n) is 1.59. The Labute approximate surface area is 104 Å². The van der Waals surface area contributed by atoms with Gasteiger partial charge < -0.3 is 10.3 Å². The molecule has 88 valence electrons. The molecule has 0 spiro atoms. The monoisotopic (exact) mass is 248 g/mol. The first kappa shape index (κ1) is 11.7. The quantitative estimate of drug-likeness (QED) is 0.888. The summed E-state index contributed by atoms with van der Waals surface area (Å²) in [6.07, 6.45) is 1.67. The molecule has 3 nitrogen and oxygen atoms in total. The van der Waals surface area contributed by atoms with Gasteiger partial charge in [0.2, 0.25) is 0 Å². The van der Waals surface area contributed by atoms with Gasteiger partial charge in [-0.2, -0.15) is 0 Å². The summed E-state index contributed by atoms with van der Waals surface area (Å²) in [5.41, 5.74) is 8.18. The molecular weight excluding hydrogens is 236 g/mol. The smallest absolute Gasteiger partial charge is 0.251 e. The van der Waals surface area contributed by atoms with E-state index in [9.17, 15) is 4.79 Å². The van der Waals surface area contributed by atoms with Crippen LogP contribution in [0.15, 0.2) is 41.3 Å². The van der Waals surface area contributed by atoms with Gasteiger partial charge in [0.15, 0.2) is 0 Å². The third-order valence-corrected chi connectivity index (χ3v) is 2.89. The summed E-state index contributed by atoms with van der Waals surface area (Å²) in [7, 11) is 0. The van der Waals surface area contributed by atoms with Crippen LogP contribution >= 0.6 is 11.6 Å². The van der Waals surface area contributed by atoms with E-state index in [1.54, 1.807) is 29.0 Å². The number of nitrogen functional groups attached to an aromatic ring is 1. The maximum Gasteiger partial charge on any atom is 0.251 e. The van der Waals surface area contributed by atoms with Crippen molar-refractivity contribution in [3.8, 4) is 0 Å². The fourth-order valence-corrected chi connectivity index (χ4v) is 1.72. The molecule has 0 atom stereocenters. The minimum absolute atomic E-state index is 0.0494. The predicted molar refractivity (Wildman–Crippen MR) is 70.4 cm³/mol. The van der Waals surface area contributed by atoms with E-state index in [2.05, 4.69) is 0 Å². The van der Waals surface area contributed by atoms with Gasteiger partial charge in [-0.05, 0) is 30.2 Å². The van der Waals surface area contributed by atoms with Crippen molar-refractivity contribution in [2.45, 2.75) is 13.5 Å². The van der Waals surface area contributed by atoms with Crippen molar-refractivity contribution in [3.05, 3.63) is 63.0 Å². The van der Waals surface area contributed by atoms with Crippen molar-refractivity contribution in [2.75, 3.05) is 5.73 Å². The highest BCUT2D eigenvalue weighted by atomic mass is 35.5. The van der Waals surface area contributed by atoms with Gasteiger partial charge in [0.05, 0.1) is 12.2 Å². The first-order chi connectivity index (χ1) is 8.06. The zero-order valence-corrected chi connectivity index (χ0v) is 10.2. The summed E-state index contributed by atoms with van der Waals surface area (Å²) in [5.74, 6) is 0. The van der Waals surface area contributed by atoms with E-state index >= 15 is 0 Å². The highest BCUT2D eigenvalue weighted by molar-refractivity contribution is 6.30. The van der Waals surface area contributed by atoms with Crippen LogP contribution in [0.5, 0.6) is 0 Å². The number of anilines is 1. The predicted octanol–water partition coefficient (Wildman–Crippen LogP) is 2.44. The zero-order chi connectivity index (χ0) is 12.4. The standard InChI is InChI=1S/C13H13ClN2O/c1-9-6-13(17)16(8-12(9)15)7-10-2-4-11(14)5-3-10/h2-6,8H,7,15H2,1H3. The molecule has 0 fully saturated rings. The highest BCUT2D eigenvalue weighted by Crippen LogP contribution is 2.11. The molecule has 17 heavy (non-hydrogen) atoms. The minimum atomic E-state index is -0.0494. The van der Waals surface area contributed by atoms with Crippen LogP contribution in [-0.2, 0) is 6.54 Å². The van der Waals surface area contributed by atoms with Gasteiger partial charge in [-0.1, -0.05) is 23.7 Å². The lowest BCUT2D eigenvalue weighted by molar-refractivity contribution is 0.759. The van der Waals surface area contributed by atoms with E-state index in [0.29, 0.717) is 17.3 Å². The molecule has 1 aromatic carbocycles. The summed E-state index contributed by atoms with van der Waals surface area (Å²) >= 11 is 5.80. The maximum absolute atomic E-state index is 11.7. The average Bonchev–Trinajstić information content (AvgIpc) is 2.29. The Morgan fingerprint density at radius 3 is 2.59 bits per heavy atom. The first-order valence-corrected chi connectivity index (χ1v) is 5.65. The Bertz CT molecular complexity index is 587. The SMILES string of the molecule is Cc1cc(=O)n(Cc2ccc(Cl)cc2)cc1N. The minimum Gasteiger partial charge on any atom is -0.397 e. The van der Waals surface area contributed by atoms with E-state index in [-0.39, 0.29) is 5.56 Å². The van der Waals surface area contributed by atoms with Crippen LogP contribution in [0.25, 0.3) is 0 Å². The van der Waals surface area contributed by atoms with Crippen LogP contribution in [0.2, 0.25) is 5.02 Å². The number of hydrogen-bond acceptors (Lipinski definition) is 2. The zero-order valence-electron chi connectivity index (χ0n) is 9.48. The summed E-state index contributed by atoms with van der Waals surface area (Å²) in [6.45, 7) is 2.32. The number of aromatic nitrogens is 1. The van der Waals surface area contributed by atoms with Gasteiger partial charge >= 0.3 is 0 Å². The van der Waals surface area contributed by atoms with Crippen molar-refractivity contribution in [1.29, 1.82) is 0 Å². The number of rotatable bonds is 2. The molecule has 2 aromatic rings. The van der Waals surface area contributed by atoms with Crippen LogP contribution in [0, 0.1) is 6.92 Å². The fraction of sp³-hybridized carbons (Fsp3) is 0.154. The molecule has 1 aromatic heterocycles. The van der Waals surface area contributed by atoms with Crippen LogP contribution in [0.1, 0.15) is 11.1 Å². The average molecular weight is 249 g/mol. The molecule has 0 aliphatic heterocycles. The Balaban J connectivity index is 2.33. The normalized spacial score (nSPS) is 10.5. The van der Waals surface area contributed by atoms with E-state index < -0.39 is 0 Å². The molecule has 1 heterocycles. The number of pyridine rings is 1. The lowest BCUT2D eigenvalue weighted by Crippen LogP contribution is -2.20. The molecule has 4 heteroatoms. The third kappa shape index (κ3) is 2.68. The van der Waals surface area contributed by atoms with Crippen LogP contribution in [0.4, 0.5) is 5.69 Å². The van der Waals surface area contributed by atoms with E-state index in [4.69, 9.17) is 17.3 Å². The van der Waals surface area contributed by atoms with Crippen molar-refractivity contribution in [1.82, 2.24) is 4.57 Å². The summed E-state index contributed by atoms with van der Waals surface area (Å²) < 4.78 is 1.59. The second kappa shape index (κ2) is 4.63. The van der Waals surface area contributed by atoms with Crippen LogP contribution in [0.3, 0.4) is 0 Å². The Hall–Kier alpha value is -1.74. The van der Waals surface area contributed by atoms with Crippen molar-refractivity contribution in [2.24, 2.45) is 0 Å². The number of aryl methyl sites for hydroxylation is 1. The number of halogens is 1. The van der Waals surface area contributed by atoms with Gasteiger partial charge in [-0.25, -0.2) is 0 Å². The molecule has 0 unspecified atom stereocenters. The molecule has 0 saturated carbocycles. The van der Waals surface area contributed by atoms with Crippen molar-refractivity contribution < 1.29 is 0 Å². The maximum atomic E-state index is 11.7. The lowest BCUT2D eigenvalue weighted by Gasteiger charge is -2.08. The summed E-state index contributed by atoms with van der Waals surface area (Å²) in [6, 6.07) is 8.94. The second-order valence-electron chi connectivity index (χ2n) is 4.00. The van der Waals surface area contributed by atoms with Crippen LogP contribution < -0.4 is 11.3 Å². The van der Waals surface area contributed by atoms with E-state index in [1.165, 1.54) is 0 Å². The topological polar surface area (TPSA) is 48.0 Å². The summed E-state index contributed by atoms with van der Waals surface area (Å²) in [4.78, 5) is 11.7. The Kier molecular flexibility index (Phi) is 3.20. The van der Waals surface area contributed by atoms with Gasteiger partial charge in [-0.15, -0.1) is 0 Å².